The molecule has 150 valence electrons. The number of carbonyl (C=O) groups excluding carboxylic acids is 2. The first kappa shape index (κ1) is 20.2. The van der Waals surface area contributed by atoms with Crippen LogP contribution in [0.5, 0.6) is 0 Å². The lowest BCUT2D eigenvalue weighted by Gasteiger charge is -2.29. The molecule has 3 aliphatic rings. The van der Waals surface area contributed by atoms with Crippen LogP contribution in [0.2, 0.25) is 0 Å². The number of aliphatic hydroxyl groups is 1. The molecule has 2 saturated heterocycles. The van der Waals surface area contributed by atoms with Gasteiger partial charge in [0, 0.05) is 18.0 Å². The van der Waals surface area contributed by atoms with E-state index in [1.165, 1.54) is 11.8 Å². The van der Waals surface area contributed by atoms with E-state index in [-0.39, 0.29) is 24.6 Å². The molecular weight excluding hydrogens is 381 g/mol. The molecule has 27 heavy (non-hydrogen) atoms. The van der Waals surface area contributed by atoms with Crippen molar-refractivity contribution in [1.82, 2.24) is 4.90 Å². The molecule has 0 radical (unpaired) electrons. The summed E-state index contributed by atoms with van der Waals surface area (Å²) in [6, 6.07) is 0. The van der Waals surface area contributed by atoms with Crippen LogP contribution in [0, 0.1) is 11.8 Å². The van der Waals surface area contributed by atoms with E-state index in [1.807, 2.05) is 0 Å². The Hall–Kier alpha value is -1.55. The summed E-state index contributed by atoms with van der Waals surface area (Å²) in [4.78, 5) is 43.4. The van der Waals surface area contributed by atoms with Crippen LogP contribution in [0.4, 0.5) is 0 Å². The summed E-state index contributed by atoms with van der Waals surface area (Å²) >= 11 is 0. The van der Waals surface area contributed by atoms with Crippen LogP contribution in [0.15, 0.2) is 24.3 Å². The van der Waals surface area contributed by atoms with E-state index in [2.05, 4.69) is 11.1 Å². The number of amides is 1. The van der Waals surface area contributed by atoms with Crippen molar-refractivity contribution in [3.63, 3.8) is 0 Å². The third kappa shape index (κ3) is 3.73. The lowest BCUT2D eigenvalue weighted by Crippen LogP contribution is -2.44. The number of esters is 1. The molecule has 0 saturated carbocycles. The molecule has 0 aromatic carbocycles. The molecule has 11 heteroatoms. The summed E-state index contributed by atoms with van der Waals surface area (Å²) in [5.41, 5.74) is -1.04. The Morgan fingerprint density at radius 3 is 2.81 bits per heavy atom. The van der Waals surface area contributed by atoms with Crippen LogP contribution in [-0.4, -0.2) is 69.4 Å². The fraction of sp³-hybridized carbons (Fsp3) is 0.625. The highest BCUT2D eigenvalue weighted by molar-refractivity contribution is 7.46. The van der Waals surface area contributed by atoms with Crippen LogP contribution in [0.25, 0.3) is 0 Å². The average Bonchev–Trinajstić information content (AvgIpc) is 3.21. The first-order valence-corrected chi connectivity index (χ1v) is 9.97. The fourth-order valence-electron chi connectivity index (χ4n) is 3.84. The van der Waals surface area contributed by atoms with Crippen LogP contribution in [0.1, 0.15) is 13.3 Å². The molecule has 3 rings (SSSR count). The molecule has 10 nitrogen and oxygen atoms in total. The summed E-state index contributed by atoms with van der Waals surface area (Å²) in [5, 5.41) is 10.6. The Bertz CT molecular complexity index is 731. The Morgan fingerprint density at radius 1 is 1.48 bits per heavy atom. The Morgan fingerprint density at radius 2 is 2.19 bits per heavy atom. The lowest BCUT2D eigenvalue weighted by atomic mass is 9.77. The zero-order chi connectivity index (χ0) is 20.0. The van der Waals surface area contributed by atoms with E-state index in [0.717, 1.165) is 0 Å². The van der Waals surface area contributed by atoms with Crippen LogP contribution in [-0.2, 0) is 28.2 Å². The number of nitrogens with zero attached hydrogens (tertiary/aromatic N) is 1. The SMILES string of the molecule is C=C(C)C(=O)OCCCN1C(=O)C2C(C3C=CC2(COP(=O)(O)O)O3)C1O. The lowest BCUT2D eigenvalue weighted by molar-refractivity contribution is -0.144. The number of ether oxygens (including phenoxy) is 2. The van der Waals surface area contributed by atoms with Crippen molar-refractivity contribution < 1.29 is 43.0 Å². The van der Waals surface area contributed by atoms with E-state index >= 15 is 0 Å². The van der Waals surface area contributed by atoms with Gasteiger partial charge in [-0.1, -0.05) is 18.7 Å². The third-order valence-electron chi connectivity index (χ3n) is 5.01. The zero-order valence-corrected chi connectivity index (χ0v) is 15.6. The molecule has 3 N–H and O–H groups in total. The maximum Gasteiger partial charge on any atom is 0.469 e. The standard InChI is InChI=1S/C16H22NO9P/c1-9(2)15(20)24-7-3-6-17-13(18)11-10-4-5-16(26-10,12(11)14(17)19)8-25-27(21,22)23/h4-5,10-13,18H,1,3,6-8H2,2H3,(H2,21,22,23). The number of hydrogen-bond donors (Lipinski definition) is 3. The van der Waals surface area contributed by atoms with Crippen LogP contribution >= 0.6 is 7.82 Å². The van der Waals surface area contributed by atoms with Crippen LogP contribution < -0.4 is 0 Å². The molecule has 3 aliphatic heterocycles. The summed E-state index contributed by atoms with van der Waals surface area (Å²) in [6.07, 6.45) is 1.91. The van der Waals surface area contributed by atoms with Gasteiger partial charge in [0.1, 0.15) is 11.8 Å². The Labute approximate surface area is 155 Å². The smallest absolute Gasteiger partial charge is 0.462 e. The Balaban J connectivity index is 1.64. The molecule has 3 heterocycles. The van der Waals surface area contributed by atoms with Gasteiger partial charge in [0.25, 0.3) is 0 Å². The Kier molecular flexibility index (Phi) is 5.33. The number of fused-ring (bicyclic) bond motifs is 5. The summed E-state index contributed by atoms with van der Waals surface area (Å²) < 4.78 is 26.3. The minimum atomic E-state index is -4.74. The maximum atomic E-state index is 12.8. The predicted octanol–water partition coefficient (Wildman–Crippen LogP) is -0.295. The molecule has 2 bridgehead atoms. The monoisotopic (exact) mass is 403 g/mol. The maximum absolute atomic E-state index is 12.8. The molecule has 5 unspecified atom stereocenters. The topological polar surface area (TPSA) is 143 Å². The van der Waals surface area contributed by atoms with Crippen molar-refractivity contribution >= 4 is 19.7 Å². The predicted molar refractivity (Wildman–Crippen MR) is 89.8 cm³/mol. The van der Waals surface area contributed by atoms with Gasteiger partial charge >= 0.3 is 13.8 Å². The van der Waals surface area contributed by atoms with Gasteiger partial charge in [-0.25, -0.2) is 9.36 Å². The summed E-state index contributed by atoms with van der Waals surface area (Å²) in [7, 11) is -4.74. The van der Waals surface area contributed by atoms with Gasteiger partial charge in [-0.3, -0.25) is 9.32 Å². The van der Waals surface area contributed by atoms with Gasteiger partial charge in [0.05, 0.1) is 25.2 Å². The van der Waals surface area contributed by atoms with E-state index in [9.17, 15) is 19.3 Å². The van der Waals surface area contributed by atoms with E-state index < -0.39 is 50.2 Å². The highest BCUT2D eigenvalue weighted by Gasteiger charge is 2.67. The second-order valence-corrected chi connectivity index (χ2v) is 8.17. The van der Waals surface area contributed by atoms with Gasteiger partial charge in [-0.05, 0) is 13.3 Å². The molecule has 2 fully saturated rings. The number of hydrogen-bond acceptors (Lipinski definition) is 7. The second kappa shape index (κ2) is 7.12. The molecule has 0 spiro atoms. The average molecular weight is 403 g/mol. The molecule has 1 amide bonds. The summed E-state index contributed by atoms with van der Waals surface area (Å²) in [5.74, 6) is -2.27. The number of phosphoric acid groups is 1. The van der Waals surface area contributed by atoms with Crippen molar-refractivity contribution in [2.45, 2.75) is 31.3 Å². The summed E-state index contributed by atoms with van der Waals surface area (Å²) in [6.45, 7) is 4.74. The zero-order valence-electron chi connectivity index (χ0n) is 14.7. The number of likely N-dealkylation sites (tertiary alicyclic amines) is 1. The number of aliphatic hydroxyl groups excluding tert-OH is 1. The number of rotatable bonds is 8. The highest BCUT2D eigenvalue weighted by Crippen LogP contribution is 2.54. The third-order valence-corrected chi connectivity index (χ3v) is 5.48. The van der Waals surface area contributed by atoms with Gasteiger partial charge < -0.3 is 29.3 Å². The molecular formula is C16H22NO9P. The molecule has 0 aliphatic carbocycles. The van der Waals surface area contributed by atoms with Gasteiger partial charge in [-0.15, -0.1) is 0 Å². The van der Waals surface area contributed by atoms with Gasteiger partial charge in [-0.2, -0.15) is 0 Å². The second-order valence-electron chi connectivity index (χ2n) is 6.93. The van der Waals surface area contributed by atoms with Crippen molar-refractivity contribution in [2.24, 2.45) is 11.8 Å². The molecule has 0 aromatic heterocycles. The first-order chi connectivity index (χ1) is 12.6. The van der Waals surface area contributed by atoms with Gasteiger partial charge in [0.2, 0.25) is 5.91 Å². The quantitative estimate of drug-likeness (QED) is 0.164. The van der Waals surface area contributed by atoms with Crippen molar-refractivity contribution in [1.29, 1.82) is 0 Å². The van der Waals surface area contributed by atoms with Crippen LogP contribution in [0.3, 0.4) is 0 Å². The van der Waals surface area contributed by atoms with E-state index in [1.54, 1.807) is 12.2 Å². The number of carbonyl (C=O) groups is 2. The van der Waals surface area contributed by atoms with Crippen molar-refractivity contribution in [3.8, 4) is 0 Å². The van der Waals surface area contributed by atoms with Crippen molar-refractivity contribution in [3.05, 3.63) is 24.3 Å². The normalized spacial score (nSPS) is 34.2. The fourth-order valence-corrected chi connectivity index (χ4v) is 4.21. The highest BCUT2D eigenvalue weighted by atomic mass is 31.2. The molecule has 5 atom stereocenters. The molecule has 0 aromatic rings. The number of phosphoric ester groups is 1. The first-order valence-electron chi connectivity index (χ1n) is 8.44. The van der Waals surface area contributed by atoms with Crippen molar-refractivity contribution in [2.75, 3.05) is 19.8 Å². The van der Waals surface area contributed by atoms with Gasteiger partial charge in [0.15, 0.2) is 0 Å². The minimum Gasteiger partial charge on any atom is -0.462 e. The minimum absolute atomic E-state index is 0.0716. The largest absolute Gasteiger partial charge is 0.469 e. The van der Waals surface area contributed by atoms with E-state index in [4.69, 9.17) is 19.3 Å². The van der Waals surface area contributed by atoms with E-state index in [0.29, 0.717) is 6.42 Å².